The Labute approximate surface area is 122 Å². The molecule has 1 aromatic carbocycles. The van der Waals surface area contributed by atoms with Crippen LogP contribution < -0.4 is 15.8 Å². The van der Waals surface area contributed by atoms with Crippen LogP contribution in [0.4, 0.5) is 17.2 Å². The van der Waals surface area contributed by atoms with Crippen molar-refractivity contribution in [2.45, 2.75) is 11.8 Å². The molecule has 110 valence electrons. The van der Waals surface area contributed by atoms with E-state index < -0.39 is 10.0 Å². The maximum absolute atomic E-state index is 12.2. The van der Waals surface area contributed by atoms with E-state index in [9.17, 15) is 13.2 Å². The van der Waals surface area contributed by atoms with Gasteiger partial charge in [0.15, 0.2) is 0 Å². The van der Waals surface area contributed by atoms with Crippen molar-refractivity contribution < 1.29 is 13.2 Å². The predicted molar refractivity (Wildman–Crippen MR) is 80.2 cm³/mol. The van der Waals surface area contributed by atoms with E-state index in [0.29, 0.717) is 11.4 Å². The lowest BCUT2D eigenvalue weighted by Crippen LogP contribution is -2.14. The summed E-state index contributed by atoms with van der Waals surface area (Å²) in [4.78, 5) is 14.7. The van der Waals surface area contributed by atoms with Crippen LogP contribution in [0.3, 0.4) is 0 Å². The highest BCUT2D eigenvalue weighted by Crippen LogP contribution is 2.19. The van der Waals surface area contributed by atoms with Crippen molar-refractivity contribution in [2.24, 2.45) is 0 Å². The normalized spacial score (nSPS) is 10.9. The first-order chi connectivity index (χ1) is 9.87. The summed E-state index contributed by atoms with van der Waals surface area (Å²) < 4.78 is 26.7. The first-order valence-electron chi connectivity index (χ1n) is 5.99. The van der Waals surface area contributed by atoms with E-state index in [-0.39, 0.29) is 16.6 Å². The van der Waals surface area contributed by atoms with E-state index in [4.69, 9.17) is 5.73 Å². The topological polar surface area (TPSA) is 114 Å². The number of nitrogens with zero attached hydrogens (tertiary/aromatic N) is 1. The number of sulfonamides is 1. The van der Waals surface area contributed by atoms with Crippen LogP contribution in [0.15, 0.2) is 47.5 Å². The molecule has 4 N–H and O–H groups in total. The van der Waals surface area contributed by atoms with Crippen LogP contribution in [-0.4, -0.2) is 19.3 Å². The van der Waals surface area contributed by atoms with E-state index in [1.54, 1.807) is 18.2 Å². The third kappa shape index (κ3) is 3.93. The fraction of sp³-hybridized carbons (Fsp3) is 0.0769. The molecule has 0 aliphatic rings. The SMILES string of the molecule is CC(=O)Nc1cccc(NS(=O)(=O)c2ccc(N)nc2)c1. The Kier molecular flexibility index (Phi) is 4.08. The molecule has 0 fully saturated rings. The molecule has 0 saturated heterocycles. The minimum absolute atomic E-state index is 0.00151. The number of pyridine rings is 1. The molecule has 7 nitrogen and oxygen atoms in total. The van der Waals surface area contributed by atoms with E-state index in [1.165, 1.54) is 31.3 Å². The van der Waals surface area contributed by atoms with Crippen LogP contribution in [-0.2, 0) is 14.8 Å². The molecule has 0 bridgehead atoms. The molecule has 0 radical (unpaired) electrons. The number of anilines is 3. The molecule has 0 aliphatic heterocycles. The Balaban J connectivity index is 2.24. The van der Waals surface area contributed by atoms with Gasteiger partial charge < -0.3 is 11.1 Å². The van der Waals surface area contributed by atoms with E-state index in [0.717, 1.165) is 0 Å². The first-order valence-corrected chi connectivity index (χ1v) is 7.47. The first kappa shape index (κ1) is 14.8. The van der Waals surface area contributed by atoms with Crippen molar-refractivity contribution in [1.29, 1.82) is 0 Å². The summed E-state index contributed by atoms with van der Waals surface area (Å²) in [6, 6.07) is 9.15. The van der Waals surface area contributed by atoms with Gasteiger partial charge in [0.25, 0.3) is 10.0 Å². The summed E-state index contributed by atoms with van der Waals surface area (Å²) in [6.45, 7) is 1.37. The summed E-state index contributed by atoms with van der Waals surface area (Å²) in [5, 5.41) is 2.58. The van der Waals surface area contributed by atoms with Gasteiger partial charge in [-0.15, -0.1) is 0 Å². The maximum Gasteiger partial charge on any atom is 0.263 e. The Morgan fingerprint density at radius 2 is 1.90 bits per heavy atom. The summed E-state index contributed by atoms with van der Waals surface area (Å²) in [5.74, 6) is -0.000604. The molecule has 21 heavy (non-hydrogen) atoms. The second-order valence-electron chi connectivity index (χ2n) is 4.29. The van der Waals surface area contributed by atoms with Crippen molar-refractivity contribution in [3.8, 4) is 0 Å². The van der Waals surface area contributed by atoms with Gasteiger partial charge in [-0.25, -0.2) is 13.4 Å². The van der Waals surface area contributed by atoms with Crippen LogP contribution in [0.25, 0.3) is 0 Å². The van der Waals surface area contributed by atoms with Gasteiger partial charge in [0, 0.05) is 18.8 Å². The van der Waals surface area contributed by atoms with Crippen molar-refractivity contribution in [3.63, 3.8) is 0 Å². The van der Waals surface area contributed by atoms with Gasteiger partial charge >= 0.3 is 0 Å². The summed E-state index contributed by atoms with van der Waals surface area (Å²) in [7, 11) is -3.76. The lowest BCUT2D eigenvalue weighted by Gasteiger charge is -2.09. The van der Waals surface area contributed by atoms with Crippen molar-refractivity contribution in [2.75, 3.05) is 15.8 Å². The quantitative estimate of drug-likeness (QED) is 0.790. The Morgan fingerprint density at radius 1 is 1.19 bits per heavy atom. The number of nitrogens with two attached hydrogens (primary N) is 1. The molecule has 0 aliphatic carbocycles. The van der Waals surface area contributed by atoms with Crippen LogP contribution in [0.2, 0.25) is 0 Å². The van der Waals surface area contributed by atoms with Crippen molar-refractivity contribution in [1.82, 2.24) is 4.98 Å². The monoisotopic (exact) mass is 306 g/mol. The average molecular weight is 306 g/mol. The van der Waals surface area contributed by atoms with Crippen molar-refractivity contribution >= 4 is 33.1 Å². The zero-order valence-corrected chi connectivity index (χ0v) is 12.0. The molecule has 0 saturated carbocycles. The highest BCUT2D eigenvalue weighted by atomic mass is 32.2. The zero-order valence-electron chi connectivity index (χ0n) is 11.2. The maximum atomic E-state index is 12.2. The van der Waals surface area contributed by atoms with Crippen LogP contribution in [0.5, 0.6) is 0 Å². The van der Waals surface area contributed by atoms with Gasteiger partial charge in [-0.05, 0) is 30.3 Å². The fourth-order valence-electron chi connectivity index (χ4n) is 1.63. The molecule has 8 heteroatoms. The van der Waals surface area contributed by atoms with Gasteiger partial charge in [-0.2, -0.15) is 0 Å². The highest BCUT2D eigenvalue weighted by molar-refractivity contribution is 7.92. The number of aromatic nitrogens is 1. The lowest BCUT2D eigenvalue weighted by atomic mass is 10.3. The van der Waals surface area contributed by atoms with E-state index >= 15 is 0 Å². The number of carbonyl (C=O) groups excluding carboxylic acids is 1. The van der Waals surface area contributed by atoms with Gasteiger partial charge in [-0.3, -0.25) is 9.52 Å². The Bertz CT molecular complexity index is 757. The average Bonchev–Trinajstić information content (AvgIpc) is 2.38. The summed E-state index contributed by atoms with van der Waals surface area (Å²) in [5.41, 5.74) is 6.25. The third-order valence-electron chi connectivity index (χ3n) is 2.50. The molecular formula is C13H14N4O3S. The number of nitrogens with one attached hydrogen (secondary N) is 2. The van der Waals surface area contributed by atoms with Crippen LogP contribution >= 0.6 is 0 Å². The number of amides is 1. The molecule has 1 aromatic heterocycles. The molecule has 1 amide bonds. The number of nitrogen functional groups attached to an aromatic ring is 1. The molecule has 1 heterocycles. The molecule has 0 spiro atoms. The smallest absolute Gasteiger partial charge is 0.263 e. The third-order valence-corrected chi connectivity index (χ3v) is 3.87. The number of hydrogen-bond donors (Lipinski definition) is 3. The second kappa shape index (κ2) is 5.80. The van der Waals surface area contributed by atoms with E-state index in [2.05, 4.69) is 15.0 Å². The predicted octanol–water partition coefficient (Wildman–Crippen LogP) is 1.42. The molecule has 0 atom stereocenters. The standard InChI is InChI=1S/C13H14N4O3S/c1-9(18)16-10-3-2-4-11(7-10)17-21(19,20)12-5-6-13(14)15-8-12/h2-8,17H,1H3,(H2,14,15)(H,16,18). The molecule has 2 aromatic rings. The van der Waals surface area contributed by atoms with Crippen LogP contribution in [0.1, 0.15) is 6.92 Å². The largest absolute Gasteiger partial charge is 0.384 e. The number of rotatable bonds is 4. The van der Waals surface area contributed by atoms with Gasteiger partial charge in [0.2, 0.25) is 5.91 Å². The molecule has 2 rings (SSSR count). The number of carbonyl (C=O) groups is 1. The molecule has 0 unspecified atom stereocenters. The van der Waals surface area contributed by atoms with Gasteiger partial charge in [-0.1, -0.05) is 6.07 Å². The lowest BCUT2D eigenvalue weighted by molar-refractivity contribution is -0.114. The fourth-order valence-corrected chi connectivity index (χ4v) is 2.62. The summed E-state index contributed by atoms with van der Waals surface area (Å²) >= 11 is 0. The van der Waals surface area contributed by atoms with Crippen molar-refractivity contribution in [3.05, 3.63) is 42.6 Å². The highest BCUT2D eigenvalue weighted by Gasteiger charge is 2.14. The number of hydrogen-bond acceptors (Lipinski definition) is 5. The van der Waals surface area contributed by atoms with E-state index in [1.807, 2.05) is 0 Å². The van der Waals surface area contributed by atoms with Gasteiger partial charge in [0.1, 0.15) is 10.7 Å². The summed E-state index contributed by atoms with van der Waals surface area (Å²) in [6.07, 6.45) is 1.18. The van der Waals surface area contributed by atoms with Gasteiger partial charge in [0.05, 0.1) is 5.69 Å². The minimum atomic E-state index is -3.76. The Hall–Kier alpha value is -2.61. The zero-order chi connectivity index (χ0) is 15.5. The Morgan fingerprint density at radius 3 is 2.52 bits per heavy atom. The van der Waals surface area contributed by atoms with Crippen LogP contribution in [0, 0.1) is 0 Å². The molecular weight excluding hydrogens is 292 g/mol. The minimum Gasteiger partial charge on any atom is -0.384 e. The number of benzene rings is 1. The second-order valence-corrected chi connectivity index (χ2v) is 5.97.